The molecule has 1 N–H and O–H groups in total. The highest BCUT2D eigenvalue weighted by Crippen LogP contribution is 2.22. The van der Waals surface area contributed by atoms with Crippen molar-refractivity contribution >= 4 is 17.7 Å². The number of hydrogen-bond acceptors (Lipinski definition) is 3. The number of rotatable bonds is 6. The van der Waals surface area contributed by atoms with Crippen LogP contribution >= 0.6 is 0 Å². The summed E-state index contributed by atoms with van der Waals surface area (Å²) in [5.74, 6) is -0.643. The van der Waals surface area contributed by atoms with Crippen LogP contribution in [0.4, 0.5) is 0 Å². The number of hydrogen-bond donors (Lipinski definition) is 1. The van der Waals surface area contributed by atoms with Crippen LogP contribution in [0.3, 0.4) is 0 Å². The summed E-state index contributed by atoms with van der Waals surface area (Å²) in [6.45, 7) is 4.21. The number of imide groups is 1. The minimum absolute atomic E-state index is 0.0806. The second kappa shape index (κ2) is 7.52. The maximum Gasteiger partial charge on any atom is 0.261 e. The van der Waals surface area contributed by atoms with Crippen molar-refractivity contribution in [3.63, 3.8) is 0 Å². The quantitative estimate of drug-likeness (QED) is 0.813. The fraction of sp³-hybridized carbons (Fsp3) is 0.286. The molecular formula is C21H22N2O3. The molecule has 0 unspecified atom stereocenters. The third-order valence-electron chi connectivity index (χ3n) is 4.70. The van der Waals surface area contributed by atoms with E-state index in [-0.39, 0.29) is 36.7 Å². The smallest absolute Gasteiger partial charge is 0.261 e. The van der Waals surface area contributed by atoms with Gasteiger partial charge < -0.3 is 5.32 Å². The second-order valence-corrected chi connectivity index (χ2v) is 6.56. The van der Waals surface area contributed by atoms with Crippen molar-refractivity contribution in [1.29, 1.82) is 0 Å². The second-order valence-electron chi connectivity index (χ2n) is 6.56. The minimum atomic E-state index is -0.278. The Kier molecular flexibility index (Phi) is 5.16. The largest absolute Gasteiger partial charge is 0.350 e. The van der Waals surface area contributed by atoms with Crippen LogP contribution in [0, 0.1) is 6.92 Å². The summed E-state index contributed by atoms with van der Waals surface area (Å²) in [6.07, 6.45) is 0.710. The molecule has 1 aliphatic heterocycles. The standard InChI is InChI=1S/C21H22N2O3/c1-14-8-3-4-9-16(14)15(2)22-19(24)12-7-13-23-20(25)17-10-5-6-11-18(17)21(23)26/h3-6,8-11,15H,7,12-13H2,1-2H3,(H,22,24)/t15-/m1/s1. The first-order valence-corrected chi connectivity index (χ1v) is 8.79. The van der Waals surface area contributed by atoms with E-state index in [1.54, 1.807) is 24.3 Å². The summed E-state index contributed by atoms with van der Waals surface area (Å²) in [6, 6.07) is 14.7. The van der Waals surface area contributed by atoms with E-state index in [0.29, 0.717) is 17.5 Å². The Balaban J connectivity index is 1.51. The lowest BCUT2D eigenvalue weighted by atomic mass is 10.0. The van der Waals surface area contributed by atoms with Crippen molar-refractivity contribution in [3.05, 3.63) is 70.8 Å². The maximum absolute atomic E-state index is 12.3. The lowest BCUT2D eigenvalue weighted by molar-refractivity contribution is -0.121. The predicted molar refractivity (Wildman–Crippen MR) is 98.8 cm³/mol. The third kappa shape index (κ3) is 3.52. The predicted octanol–water partition coefficient (Wildman–Crippen LogP) is 3.25. The van der Waals surface area contributed by atoms with Gasteiger partial charge in [0.1, 0.15) is 0 Å². The van der Waals surface area contributed by atoms with Gasteiger partial charge in [-0.15, -0.1) is 0 Å². The lowest BCUT2D eigenvalue weighted by Gasteiger charge is -2.17. The summed E-state index contributed by atoms with van der Waals surface area (Å²) in [5, 5.41) is 2.97. The Hall–Kier alpha value is -2.95. The molecule has 5 heteroatoms. The molecule has 0 fully saturated rings. The number of nitrogens with one attached hydrogen (secondary N) is 1. The van der Waals surface area contributed by atoms with Crippen LogP contribution in [-0.2, 0) is 4.79 Å². The van der Waals surface area contributed by atoms with Crippen LogP contribution < -0.4 is 5.32 Å². The number of fused-ring (bicyclic) bond motifs is 1. The van der Waals surface area contributed by atoms with Crippen LogP contribution in [0.25, 0.3) is 0 Å². The molecular weight excluding hydrogens is 328 g/mol. The van der Waals surface area contributed by atoms with Crippen LogP contribution in [0.1, 0.15) is 57.7 Å². The fourth-order valence-electron chi connectivity index (χ4n) is 3.30. The first-order valence-electron chi connectivity index (χ1n) is 8.79. The van der Waals surface area contributed by atoms with Crippen molar-refractivity contribution in [1.82, 2.24) is 10.2 Å². The van der Waals surface area contributed by atoms with E-state index in [1.165, 1.54) is 4.90 Å². The third-order valence-corrected chi connectivity index (χ3v) is 4.70. The number of carbonyl (C=O) groups excluding carboxylic acids is 3. The van der Waals surface area contributed by atoms with Gasteiger partial charge in [-0.2, -0.15) is 0 Å². The van der Waals surface area contributed by atoms with Crippen molar-refractivity contribution in [2.24, 2.45) is 0 Å². The molecule has 0 saturated carbocycles. The number of benzene rings is 2. The number of amides is 3. The van der Waals surface area contributed by atoms with Crippen LogP contribution in [0.2, 0.25) is 0 Å². The Morgan fingerprint density at radius 1 is 1.00 bits per heavy atom. The molecule has 0 spiro atoms. The topological polar surface area (TPSA) is 66.5 Å². The summed E-state index contributed by atoms with van der Waals surface area (Å²) >= 11 is 0. The molecule has 2 aromatic rings. The highest BCUT2D eigenvalue weighted by molar-refractivity contribution is 6.21. The van der Waals surface area contributed by atoms with Crippen LogP contribution in [0.5, 0.6) is 0 Å². The Bertz CT molecular complexity index is 825. The Morgan fingerprint density at radius 3 is 2.19 bits per heavy atom. The molecule has 0 aliphatic carbocycles. The summed E-state index contributed by atoms with van der Waals surface area (Å²) in [5.41, 5.74) is 3.10. The number of aryl methyl sites for hydroxylation is 1. The van der Waals surface area contributed by atoms with Gasteiger partial charge >= 0.3 is 0 Å². The maximum atomic E-state index is 12.3. The van der Waals surface area contributed by atoms with Crippen molar-refractivity contribution in [2.75, 3.05) is 6.54 Å². The average Bonchev–Trinajstić information content (AvgIpc) is 2.87. The van der Waals surface area contributed by atoms with E-state index in [1.807, 2.05) is 38.1 Å². The summed E-state index contributed by atoms with van der Waals surface area (Å²) in [7, 11) is 0. The highest BCUT2D eigenvalue weighted by atomic mass is 16.2. The molecule has 3 amide bonds. The van der Waals surface area contributed by atoms with Gasteiger partial charge in [0.25, 0.3) is 11.8 Å². The molecule has 0 bridgehead atoms. The zero-order valence-corrected chi connectivity index (χ0v) is 15.0. The zero-order chi connectivity index (χ0) is 18.7. The van der Waals surface area contributed by atoms with Crippen LogP contribution in [-0.4, -0.2) is 29.2 Å². The Labute approximate surface area is 153 Å². The molecule has 134 valence electrons. The van der Waals surface area contributed by atoms with Gasteiger partial charge in [-0.3, -0.25) is 19.3 Å². The van der Waals surface area contributed by atoms with E-state index < -0.39 is 0 Å². The van der Waals surface area contributed by atoms with Crippen molar-refractivity contribution < 1.29 is 14.4 Å². The lowest BCUT2D eigenvalue weighted by Crippen LogP contribution is -2.32. The molecule has 1 atom stereocenters. The van der Waals surface area contributed by atoms with E-state index in [4.69, 9.17) is 0 Å². The average molecular weight is 350 g/mol. The van der Waals surface area contributed by atoms with Gasteiger partial charge in [-0.1, -0.05) is 36.4 Å². The summed E-state index contributed by atoms with van der Waals surface area (Å²) < 4.78 is 0. The van der Waals surface area contributed by atoms with Gasteiger partial charge in [0.15, 0.2) is 0 Å². The van der Waals surface area contributed by atoms with Crippen LogP contribution in [0.15, 0.2) is 48.5 Å². The molecule has 5 nitrogen and oxygen atoms in total. The number of carbonyl (C=O) groups is 3. The SMILES string of the molecule is Cc1ccccc1[C@@H](C)NC(=O)CCCN1C(=O)c2ccccc2C1=O. The minimum Gasteiger partial charge on any atom is -0.350 e. The fourth-order valence-corrected chi connectivity index (χ4v) is 3.30. The van der Waals surface area contributed by atoms with E-state index >= 15 is 0 Å². The van der Waals surface area contributed by atoms with Gasteiger partial charge in [-0.05, 0) is 43.5 Å². The molecule has 0 saturated heterocycles. The van der Waals surface area contributed by atoms with Gasteiger partial charge in [0.2, 0.25) is 5.91 Å². The normalized spacial score (nSPS) is 14.3. The van der Waals surface area contributed by atoms with E-state index in [9.17, 15) is 14.4 Å². The number of nitrogens with zero attached hydrogens (tertiary/aromatic N) is 1. The molecule has 2 aromatic carbocycles. The van der Waals surface area contributed by atoms with E-state index in [2.05, 4.69) is 5.32 Å². The molecule has 26 heavy (non-hydrogen) atoms. The van der Waals surface area contributed by atoms with Crippen molar-refractivity contribution in [3.8, 4) is 0 Å². The summed E-state index contributed by atoms with van der Waals surface area (Å²) in [4.78, 5) is 38.0. The zero-order valence-electron chi connectivity index (χ0n) is 15.0. The van der Waals surface area contributed by atoms with Gasteiger partial charge in [-0.25, -0.2) is 0 Å². The highest BCUT2D eigenvalue weighted by Gasteiger charge is 2.34. The first-order chi connectivity index (χ1) is 12.5. The Morgan fingerprint density at radius 2 is 1.58 bits per heavy atom. The first kappa shape index (κ1) is 17.9. The molecule has 0 aromatic heterocycles. The molecule has 1 heterocycles. The van der Waals surface area contributed by atoms with Crippen molar-refractivity contribution in [2.45, 2.75) is 32.7 Å². The van der Waals surface area contributed by atoms with Gasteiger partial charge in [0.05, 0.1) is 17.2 Å². The molecule has 0 radical (unpaired) electrons. The molecule has 1 aliphatic rings. The van der Waals surface area contributed by atoms with E-state index in [0.717, 1.165) is 11.1 Å². The van der Waals surface area contributed by atoms with Gasteiger partial charge in [0, 0.05) is 13.0 Å². The monoisotopic (exact) mass is 350 g/mol. The molecule has 3 rings (SSSR count).